The number of aliphatic hydroxyl groups excluding tert-OH is 5. The molecule has 0 amide bonds. The lowest BCUT2D eigenvalue weighted by molar-refractivity contribution is -0.220. The molecule has 0 bridgehead atoms. The highest BCUT2D eigenvalue weighted by Crippen LogP contribution is 2.47. The van der Waals surface area contributed by atoms with E-state index in [1.54, 1.807) is 0 Å². The Morgan fingerprint density at radius 1 is 0.532 bits per heavy atom. The molecular formula is C49H89O12P. The fraction of sp³-hybridized carbons (Fsp3) is 0.816. The van der Waals surface area contributed by atoms with Gasteiger partial charge in [0.15, 0.2) is 0 Å². The first-order valence-electron chi connectivity index (χ1n) is 24.5. The number of rotatable bonds is 41. The van der Waals surface area contributed by atoms with Crippen molar-refractivity contribution in [1.82, 2.24) is 0 Å². The molecule has 62 heavy (non-hydrogen) atoms. The van der Waals surface area contributed by atoms with Crippen LogP contribution in [0.1, 0.15) is 194 Å². The summed E-state index contributed by atoms with van der Waals surface area (Å²) >= 11 is 0. The second kappa shape index (κ2) is 39.6. The molecule has 362 valence electrons. The monoisotopic (exact) mass is 901 g/mol. The van der Waals surface area contributed by atoms with E-state index in [1.165, 1.54) is 96.3 Å². The zero-order valence-electron chi connectivity index (χ0n) is 38.7. The largest absolute Gasteiger partial charge is 0.472 e. The molecule has 0 saturated heterocycles. The Morgan fingerprint density at radius 2 is 0.952 bits per heavy atom. The number of hydrogen-bond donors (Lipinski definition) is 6. The van der Waals surface area contributed by atoms with E-state index in [2.05, 4.69) is 62.5 Å². The summed E-state index contributed by atoms with van der Waals surface area (Å²) in [7, 11) is -5.03. The summed E-state index contributed by atoms with van der Waals surface area (Å²) in [5.41, 5.74) is 0. The molecular weight excluding hydrogens is 812 g/mol. The van der Waals surface area contributed by atoms with Crippen LogP contribution >= 0.6 is 7.82 Å². The van der Waals surface area contributed by atoms with E-state index in [-0.39, 0.29) is 13.0 Å². The van der Waals surface area contributed by atoms with E-state index < -0.39 is 63.1 Å². The van der Waals surface area contributed by atoms with Gasteiger partial charge in [0.2, 0.25) is 0 Å². The van der Waals surface area contributed by atoms with Crippen LogP contribution in [0.4, 0.5) is 0 Å². The van der Waals surface area contributed by atoms with Gasteiger partial charge in [-0.25, -0.2) is 4.57 Å². The number of ether oxygens (including phenoxy) is 2. The molecule has 0 spiro atoms. The first-order valence-corrected chi connectivity index (χ1v) is 26.0. The Bertz CT molecular complexity index is 1210. The number of phosphoric acid groups is 1. The summed E-state index contributed by atoms with van der Waals surface area (Å²) in [4.78, 5) is 23.2. The molecule has 12 nitrogen and oxygen atoms in total. The number of carbonyl (C=O) groups excluding carboxylic acids is 1. The van der Waals surface area contributed by atoms with Crippen LogP contribution in [0.25, 0.3) is 0 Å². The van der Waals surface area contributed by atoms with Crippen molar-refractivity contribution in [2.24, 2.45) is 0 Å². The van der Waals surface area contributed by atoms with E-state index >= 15 is 0 Å². The van der Waals surface area contributed by atoms with E-state index in [1.807, 2.05) is 0 Å². The molecule has 6 unspecified atom stereocenters. The van der Waals surface area contributed by atoms with Gasteiger partial charge in [0.1, 0.15) is 42.7 Å². The number of carbonyl (C=O) groups is 1. The Hall–Kier alpha value is -1.70. The van der Waals surface area contributed by atoms with Crippen molar-refractivity contribution in [3.05, 3.63) is 48.6 Å². The van der Waals surface area contributed by atoms with Crippen LogP contribution in [0.15, 0.2) is 48.6 Å². The maximum atomic E-state index is 12.8. The Kier molecular flexibility index (Phi) is 37.3. The number of hydrogen-bond acceptors (Lipinski definition) is 11. The third-order valence-corrected chi connectivity index (χ3v) is 12.2. The van der Waals surface area contributed by atoms with Crippen LogP contribution in [-0.2, 0) is 27.9 Å². The predicted octanol–water partition coefficient (Wildman–Crippen LogP) is 10.4. The van der Waals surface area contributed by atoms with Crippen molar-refractivity contribution in [3.63, 3.8) is 0 Å². The zero-order valence-corrected chi connectivity index (χ0v) is 39.6. The van der Waals surface area contributed by atoms with Crippen molar-refractivity contribution < 1.29 is 58.3 Å². The Labute approximate surface area is 375 Å². The van der Waals surface area contributed by atoms with Gasteiger partial charge in [0.05, 0.1) is 13.2 Å². The third kappa shape index (κ3) is 31.2. The third-order valence-electron chi connectivity index (χ3n) is 11.2. The highest BCUT2D eigenvalue weighted by molar-refractivity contribution is 7.47. The number of phosphoric ester groups is 1. The van der Waals surface area contributed by atoms with E-state index in [0.29, 0.717) is 13.0 Å². The van der Waals surface area contributed by atoms with Gasteiger partial charge >= 0.3 is 13.8 Å². The Balaban J connectivity index is 2.36. The molecule has 0 radical (unpaired) electrons. The summed E-state index contributed by atoms with van der Waals surface area (Å²) in [6.45, 7) is 4.10. The van der Waals surface area contributed by atoms with E-state index in [4.69, 9.17) is 18.5 Å². The molecule has 1 aliphatic rings. The molecule has 0 aromatic carbocycles. The minimum Gasteiger partial charge on any atom is -0.457 e. The smallest absolute Gasteiger partial charge is 0.457 e. The number of aliphatic hydroxyl groups is 5. The quantitative estimate of drug-likeness (QED) is 0.0147. The van der Waals surface area contributed by atoms with Gasteiger partial charge in [0.25, 0.3) is 0 Å². The zero-order chi connectivity index (χ0) is 45.5. The van der Waals surface area contributed by atoms with Crippen LogP contribution in [-0.4, -0.2) is 98.9 Å². The Morgan fingerprint density at radius 3 is 1.47 bits per heavy atom. The molecule has 0 aromatic heterocycles. The normalized spacial score (nSPS) is 22.4. The maximum Gasteiger partial charge on any atom is 0.472 e. The fourth-order valence-electron chi connectivity index (χ4n) is 7.31. The fourth-order valence-corrected chi connectivity index (χ4v) is 8.28. The number of esters is 1. The molecule has 1 aliphatic carbocycles. The average Bonchev–Trinajstić information content (AvgIpc) is 3.26. The molecule has 0 aliphatic heterocycles. The van der Waals surface area contributed by atoms with Crippen LogP contribution in [0.2, 0.25) is 0 Å². The number of allylic oxidation sites excluding steroid dienone is 8. The first-order chi connectivity index (χ1) is 30.0. The molecule has 6 atom stereocenters. The van der Waals surface area contributed by atoms with E-state index in [9.17, 15) is 39.8 Å². The van der Waals surface area contributed by atoms with Crippen molar-refractivity contribution in [2.45, 2.75) is 236 Å². The SMILES string of the molecule is CC/C=C\C/C=C\C/C=C\CCCCCCOCC(COP(=O)(O)OC1C(O)C(O)C(O)C(O)C1O)OC(=O)CCCCCCCCCCC/C=C\CCCCCCCCCC. The van der Waals surface area contributed by atoms with E-state index in [0.717, 1.165) is 70.6 Å². The summed E-state index contributed by atoms with van der Waals surface area (Å²) in [6.07, 6.45) is 36.1. The average molecular weight is 901 g/mol. The van der Waals surface area contributed by atoms with Crippen molar-refractivity contribution in [2.75, 3.05) is 19.8 Å². The van der Waals surface area contributed by atoms with Gasteiger partial charge in [-0.05, 0) is 70.6 Å². The second-order valence-electron chi connectivity index (χ2n) is 16.9. The molecule has 13 heteroatoms. The van der Waals surface area contributed by atoms with Gasteiger partial charge in [-0.3, -0.25) is 13.8 Å². The highest BCUT2D eigenvalue weighted by atomic mass is 31.2. The maximum absolute atomic E-state index is 12.8. The standard InChI is InChI=1S/C49H89O12P/c1-3-5-7-9-11-13-15-17-19-20-21-22-23-24-25-26-28-30-32-34-36-38-43(50)60-42(40-58-39-37-35-33-31-29-27-18-16-14-12-10-8-6-4-2)41-59-62(56,57)61-49-47(54)45(52)44(51)46(53)48(49)55/h6,8,12,14,18,20-21,27,42,44-49,51-55H,3-5,7,9-11,13,15-17,19,22-26,28-41H2,1-2H3,(H,56,57)/b8-6-,14-12-,21-20-,27-18-. The minimum absolute atomic E-state index is 0.0931. The second-order valence-corrected chi connectivity index (χ2v) is 18.3. The van der Waals surface area contributed by atoms with Gasteiger partial charge in [-0.15, -0.1) is 0 Å². The predicted molar refractivity (Wildman–Crippen MR) is 249 cm³/mol. The summed E-state index contributed by atoms with van der Waals surface area (Å²) in [6, 6.07) is 0. The van der Waals surface area contributed by atoms with Crippen LogP contribution in [0.3, 0.4) is 0 Å². The first kappa shape index (κ1) is 58.3. The molecule has 0 aromatic rings. The minimum atomic E-state index is -5.03. The van der Waals surface area contributed by atoms with Gasteiger partial charge in [-0.2, -0.15) is 0 Å². The van der Waals surface area contributed by atoms with Gasteiger partial charge in [0, 0.05) is 13.0 Å². The van der Waals surface area contributed by atoms with Crippen molar-refractivity contribution in [3.8, 4) is 0 Å². The van der Waals surface area contributed by atoms with Crippen molar-refractivity contribution in [1.29, 1.82) is 0 Å². The van der Waals surface area contributed by atoms with Gasteiger partial charge in [-0.1, -0.05) is 165 Å². The molecule has 1 saturated carbocycles. The van der Waals surface area contributed by atoms with Crippen molar-refractivity contribution >= 4 is 13.8 Å². The molecule has 0 heterocycles. The summed E-state index contributed by atoms with van der Waals surface area (Å²) in [5.74, 6) is -0.488. The summed E-state index contributed by atoms with van der Waals surface area (Å²) < 4.78 is 34.2. The molecule has 6 N–H and O–H groups in total. The lowest BCUT2D eigenvalue weighted by Gasteiger charge is -2.41. The van der Waals surface area contributed by atoms with Crippen LogP contribution in [0.5, 0.6) is 0 Å². The topological polar surface area (TPSA) is 192 Å². The number of unbranched alkanes of at least 4 members (excludes halogenated alkanes) is 21. The molecule has 1 fully saturated rings. The highest BCUT2D eigenvalue weighted by Gasteiger charge is 2.51. The van der Waals surface area contributed by atoms with Crippen LogP contribution in [0, 0.1) is 0 Å². The van der Waals surface area contributed by atoms with Gasteiger partial charge < -0.3 is 39.9 Å². The lowest BCUT2D eigenvalue weighted by Crippen LogP contribution is -2.64. The summed E-state index contributed by atoms with van der Waals surface area (Å²) in [5, 5.41) is 50.2. The molecule has 1 rings (SSSR count). The van der Waals surface area contributed by atoms with Crippen LogP contribution < -0.4 is 0 Å². The lowest BCUT2D eigenvalue weighted by atomic mass is 9.85.